The molecule has 6 heteroatoms. The van der Waals surface area contributed by atoms with Crippen LogP contribution in [0, 0.1) is 12.8 Å². The van der Waals surface area contributed by atoms with Crippen LogP contribution in [0.5, 0.6) is 0 Å². The molecule has 0 aliphatic carbocycles. The number of halogens is 2. The fraction of sp³-hybridized carbons (Fsp3) is 0.467. The Morgan fingerprint density at radius 1 is 1.24 bits per heavy atom. The first-order valence-electron chi connectivity index (χ1n) is 6.86. The molecule has 1 aliphatic rings. The maximum absolute atomic E-state index is 6.15. The maximum Gasteiger partial charge on any atom is 0.0935 e. The number of hydrogen-bond acceptors (Lipinski definition) is 4. The molecule has 0 amide bonds. The van der Waals surface area contributed by atoms with Crippen molar-refractivity contribution in [1.29, 1.82) is 0 Å². The van der Waals surface area contributed by atoms with E-state index in [9.17, 15) is 0 Å². The highest BCUT2D eigenvalue weighted by atomic mass is 35.5. The molecule has 0 radical (unpaired) electrons. The van der Waals surface area contributed by atoms with E-state index in [-0.39, 0.29) is 30.9 Å². The average Bonchev–Trinajstić information content (AvgIpc) is 2.38. The number of nitrogens with zero attached hydrogens (tertiary/aromatic N) is 3. The van der Waals surface area contributed by atoms with Gasteiger partial charge in [0.1, 0.15) is 0 Å². The lowest BCUT2D eigenvalue weighted by molar-refractivity contribution is 0.402. The second-order valence-corrected chi connectivity index (χ2v) is 5.63. The molecular weight excluding hydrogens is 307 g/mol. The van der Waals surface area contributed by atoms with Gasteiger partial charge in [-0.1, -0.05) is 6.92 Å². The Morgan fingerprint density at radius 3 is 2.71 bits per heavy atom. The van der Waals surface area contributed by atoms with Gasteiger partial charge in [-0.2, -0.15) is 0 Å². The highest BCUT2D eigenvalue weighted by molar-refractivity contribution is 5.92. The predicted molar refractivity (Wildman–Crippen MR) is 92.7 cm³/mol. The molecule has 2 atom stereocenters. The number of hydrogen-bond donors (Lipinski definition) is 1. The van der Waals surface area contributed by atoms with Crippen molar-refractivity contribution < 1.29 is 0 Å². The van der Waals surface area contributed by atoms with Gasteiger partial charge < -0.3 is 10.6 Å². The first-order chi connectivity index (χ1) is 9.15. The molecule has 0 unspecified atom stereocenters. The van der Waals surface area contributed by atoms with Crippen molar-refractivity contribution in [3.05, 3.63) is 30.2 Å². The molecule has 1 fully saturated rings. The Hall–Kier alpha value is -1.10. The molecular formula is C15H22Cl2N4. The molecule has 0 saturated carbocycles. The summed E-state index contributed by atoms with van der Waals surface area (Å²) in [7, 11) is 0. The van der Waals surface area contributed by atoms with Crippen molar-refractivity contribution in [2.75, 3.05) is 18.0 Å². The summed E-state index contributed by atoms with van der Waals surface area (Å²) in [6.45, 7) is 6.21. The zero-order chi connectivity index (χ0) is 13.4. The molecule has 21 heavy (non-hydrogen) atoms. The fourth-order valence-corrected chi connectivity index (χ4v) is 3.04. The monoisotopic (exact) mass is 328 g/mol. The Morgan fingerprint density at radius 2 is 2.00 bits per heavy atom. The summed E-state index contributed by atoms with van der Waals surface area (Å²) in [4.78, 5) is 11.3. The molecule has 116 valence electrons. The summed E-state index contributed by atoms with van der Waals surface area (Å²) >= 11 is 0. The highest BCUT2D eigenvalue weighted by Gasteiger charge is 2.24. The van der Waals surface area contributed by atoms with Crippen LogP contribution < -0.4 is 10.6 Å². The van der Waals surface area contributed by atoms with Crippen LogP contribution in [0.3, 0.4) is 0 Å². The number of piperidine rings is 1. The molecule has 4 nitrogen and oxygen atoms in total. The van der Waals surface area contributed by atoms with E-state index in [1.54, 1.807) is 0 Å². The van der Waals surface area contributed by atoms with Gasteiger partial charge in [0.05, 0.1) is 23.1 Å². The zero-order valence-corrected chi connectivity index (χ0v) is 14.0. The quantitative estimate of drug-likeness (QED) is 0.874. The van der Waals surface area contributed by atoms with Crippen LogP contribution in [-0.2, 0) is 0 Å². The number of anilines is 1. The van der Waals surface area contributed by atoms with Crippen molar-refractivity contribution in [1.82, 2.24) is 9.97 Å². The van der Waals surface area contributed by atoms with Crippen LogP contribution in [-0.4, -0.2) is 29.1 Å². The second kappa shape index (κ2) is 7.25. The van der Waals surface area contributed by atoms with Gasteiger partial charge in [-0.3, -0.25) is 9.97 Å². The van der Waals surface area contributed by atoms with E-state index >= 15 is 0 Å². The van der Waals surface area contributed by atoms with Crippen LogP contribution in [0.4, 0.5) is 5.69 Å². The van der Waals surface area contributed by atoms with Crippen LogP contribution in [0.15, 0.2) is 24.5 Å². The number of aromatic nitrogens is 2. The third-order valence-electron chi connectivity index (χ3n) is 3.84. The van der Waals surface area contributed by atoms with Crippen LogP contribution in [0.1, 0.15) is 19.0 Å². The number of nitrogens with two attached hydrogens (primary N) is 1. The Bertz CT molecular complexity index is 595. The van der Waals surface area contributed by atoms with Gasteiger partial charge in [0.25, 0.3) is 0 Å². The van der Waals surface area contributed by atoms with Crippen molar-refractivity contribution in [3.8, 4) is 0 Å². The van der Waals surface area contributed by atoms with Crippen LogP contribution in [0.25, 0.3) is 10.9 Å². The lowest BCUT2D eigenvalue weighted by atomic mass is 9.96. The normalized spacial score (nSPS) is 21.6. The number of aryl methyl sites for hydroxylation is 1. The molecule has 2 aromatic heterocycles. The Kier molecular flexibility index (Phi) is 6.20. The summed E-state index contributed by atoms with van der Waals surface area (Å²) in [6, 6.07) is 4.35. The second-order valence-electron chi connectivity index (χ2n) is 5.63. The van der Waals surface area contributed by atoms with Crippen LogP contribution in [0.2, 0.25) is 0 Å². The van der Waals surface area contributed by atoms with E-state index in [1.807, 2.05) is 25.4 Å². The molecule has 0 spiro atoms. The smallest absolute Gasteiger partial charge is 0.0935 e. The van der Waals surface area contributed by atoms with Gasteiger partial charge in [0.15, 0.2) is 0 Å². The number of fused-ring (bicyclic) bond motifs is 1. The first-order valence-corrected chi connectivity index (χ1v) is 6.86. The van der Waals surface area contributed by atoms with E-state index in [2.05, 4.69) is 27.9 Å². The number of pyridine rings is 2. The van der Waals surface area contributed by atoms with E-state index in [4.69, 9.17) is 5.73 Å². The van der Waals surface area contributed by atoms with Gasteiger partial charge in [0, 0.05) is 30.7 Å². The minimum absolute atomic E-state index is 0. The molecule has 3 rings (SSSR count). The van der Waals surface area contributed by atoms with E-state index in [1.165, 1.54) is 5.39 Å². The third kappa shape index (κ3) is 3.57. The van der Waals surface area contributed by atoms with Crippen molar-refractivity contribution in [3.63, 3.8) is 0 Å². The van der Waals surface area contributed by atoms with Gasteiger partial charge >= 0.3 is 0 Å². The summed E-state index contributed by atoms with van der Waals surface area (Å²) in [5.74, 6) is 0.622. The van der Waals surface area contributed by atoms with E-state index in [0.717, 1.165) is 36.4 Å². The molecule has 1 saturated heterocycles. The third-order valence-corrected chi connectivity index (χ3v) is 3.84. The first kappa shape index (κ1) is 18.0. The van der Waals surface area contributed by atoms with Crippen LogP contribution >= 0.6 is 24.8 Å². The Balaban J connectivity index is 0.00000110. The van der Waals surface area contributed by atoms with E-state index in [0.29, 0.717) is 5.92 Å². The van der Waals surface area contributed by atoms with E-state index < -0.39 is 0 Å². The minimum Gasteiger partial charge on any atom is -0.368 e. The molecule has 0 bridgehead atoms. The SMILES string of the molecule is Cc1ncc(N2C[C@@H](C)C[C@@H](N)C2)c2cccnc12.Cl.Cl. The van der Waals surface area contributed by atoms with Gasteiger partial charge in [-0.05, 0) is 31.4 Å². The topological polar surface area (TPSA) is 55.0 Å². The summed E-state index contributed by atoms with van der Waals surface area (Å²) in [6.07, 6.45) is 4.89. The maximum atomic E-state index is 6.15. The molecule has 0 aromatic carbocycles. The lowest BCUT2D eigenvalue weighted by Crippen LogP contribution is -2.46. The lowest BCUT2D eigenvalue weighted by Gasteiger charge is -2.36. The van der Waals surface area contributed by atoms with Crippen molar-refractivity contribution >= 4 is 41.4 Å². The fourth-order valence-electron chi connectivity index (χ4n) is 3.04. The van der Waals surface area contributed by atoms with Crippen molar-refractivity contribution in [2.45, 2.75) is 26.3 Å². The van der Waals surface area contributed by atoms with Gasteiger partial charge in [0.2, 0.25) is 0 Å². The molecule has 2 aromatic rings. The van der Waals surface area contributed by atoms with Gasteiger partial charge in [-0.15, -0.1) is 24.8 Å². The zero-order valence-electron chi connectivity index (χ0n) is 12.3. The largest absolute Gasteiger partial charge is 0.368 e. The van der Waals surface area contributed by atoms with Gasteiger partial charge in [-0.25, -0.2) is 0 Å². The number of rotatable bonds is 1. The molecule has 2 N–H and O–H groups in total. The highest BCUT2D eigenvalue weighted by Crippen LogP contribution is 2.29. The minimum atomic E-state index is 0. The average molecular weight is 329 g/mol. The molecule has 1 aliphatic heterocycles. The standard InChI is InChI=1S/C15H20N4.2ClH/c1-10-6-12(16)9-19(8-10)14-7-18-11(2)15-13(14)4-3-5-17-15;;/h3-5,7,10,12H,6,8-9,16H2,1-2H3;2*1H/t10-,12+;;/m0../s1. The summed E-state index contributed by atoms with van der Waals surface area (Å²) in [5.41, 5.74) is 9.28. The Labute approximate surface area is 138 Å². The summed E-state index contributed by atoms with van der Waals surface area (Å²) < 4.78 is 0. The van der Waals surface area contributed by atoms with Crippen molar-refractivity contribution in [2.24, 2.45) is 11.7 Å². The summed E-state index contributed by atoms with van der Waals surface area (Å²) in [5, 5.41) is 1.18. The predicted octanol–water partition coefficient (Wildman–Crippen LogP) is 2.96. The molecule has 3 heterocycles.